The van der Waals surface area contributed by atoms with E-state index in [1.807, 2.05) is 12.1 Å². The van der Waals surface area contributed by atoms with Gasteiger partial charge in [0.1, 0.15) is 0 Å². The Balaban J connectivity index is 1.71. The van der Waals surface area contributed by atoms with Crippen molar-refractivity contribution in [2.24, 2.45) is 5.92 Å². The van der Waals surface area contributed by atoms with Crippen LogP contribution < -0.4 is 5.32 Å². The summed E-state index contributed by atoms with van der Waals surface area (Å²) in [6.45, 7) is 0.532. The highest BCUT2D eigenvalue weighted by molar-refractivity contribution is 6.05. The van der Waals surface area contributed by atoms with Crippen LogP contribution in [-0.2, 0) is 0 Å². The molecule has 0 spiro atoms. The zero-order valence-electron chi connectivity index (χ0n) is 10.6. The maximum atomic E-state index is 12.2. The Hall–Kier alpha value is -1.88. The van der Waals surface area contributed by atoms with Crippen LogP contribution in [0.25, 0.3) is 10.9 Å². The Bertz CT molecular complexity index is 593. The van der Waals surface area contributed by atoms with Crippen molar-refractivity contribution in [3.8, 4) is 0 Å². The molecule has 5 nitrogen and oxygen atoms in total. The number of amides is 1. The topological polar surface area (TPSA) is 78.0 Å². The molecule has 1 aromatic carbocycles. The molecule has 2 unspecified atom stereocenters. The molecule has 0 saturated heterocycles. The Morgan fingerprint density at radius 2 is 2.37 bits per heavy atom. The summed E-state index contributed by atoms with van der Waals surface area (Å²) in [6, 6.07) is 5.54. The van der Waals surface area contributed by atoms with Crippen molar-refractivity contribution in [3.63, 3.8) is 0 Å². The zero-order valence-corrected chi connectivity index (χ0v) is 10.6. The molecule has 100 valence electrons. The molecule has 3 rings (SSSR count). The van der Waals surface area contributed by atoms with Gasteiger partial charge in [-0.2, -0.15) is 5.10 Å². The van der Waals surface area contributed by atoms with Gasteiger partial charge in [0.25, 0.3) is 5.91 Å². The maximum Gasteiger partial charge on any atom is 0.253 e. The molecule has 0 radical (unpaired) electrons. The number of para-hydroxylation sites is 1. The Morgan fingerprint density at radius 1 is 1.47 bits per heavy atom. The highest BCUT2D eigenvalue weighted by atomic mass is 16.3. The van der Waals surface area contributed by atoms with Gasteiger partial charge in [0.15, 0.2) is 0 Å². The average molecular weight is 259 g/mol. The monoisotopic (exact) mass is 259 g/mol. The summed E-state index contributed by atoms with van der Waals surface area (Å²) < 4.78 is 0. The van der Waals surface area contributed by atoms with Gasteiger partial charge in [-0.3, -0.25) is 9.89 Å². The molecule has 3 N–H and O–H groups in total. The van der Waals surface area contributed by atoms with Crippen molar-refractivity contribution in [1.29, 1.82) is 0 Å². The highest BCUT2D eigenvalue weighted by Gasteiger charge is 2.25. The third-order valence-electron chi connectivity index (χ3n) is 3.87. The Kier molecular flexibility index (Phi) is 3.21. The molecule has 1 amide bonds. The molecule has 1 saturated carbocycles. The molecule has 1 aliphatic carbocycles. The molecule has 2 atom stereocenters. The van der Waals surface area contributed by atoms with Gasteiger partial charge in [0.2, 0.25) is 0 Å². The molecule has 0 bridgehead atoms. The van der Waals surface area contributed by atoms with Crippen LogP contribution >= 0.6 is 0 Å². The Morgan fingerprint density at radius 3 is 3.16 bits per heavy atom. The zero-order chi connectivity index (χ0) is 13.2. The molecular formula is C14H17N3O2. The quantitative estimate of drug-likeness (QED) is 0.780. The number of hydrogen-bond acceptors (Lipinski definition) is 3. The summed E-state index contributed by atoms with van der Waals surface area (Å²) in [5.74, 6) is 0.0684. The largest absolute Gasteiger partial charge is 0.393 e. The number of nitrogens with zero attached hydrogens (tertiary/aromatic N) is 1. The standard InChI is InChI=1S/C14H17N3O2/c18-12-6-2-3-9(12)7-15-14(19)11-5-1-4-10-8-16-17-13(10)11/h1,4-5,8-9,12,18H,2-3,6-7H2,(H,15,19)(H,16,17). The number of carbonyl (C=O) groups excluding carboxylic acids is 1. The number of aromatic amines is 1. The SMILES string of the molecule is O=C(NCC1CCCC1O)c1cccc2cn[nH]c12. The number of carbonyl (C=O) groups is 1. The number of benzene rings is 1. The molecule has 1 aromatic heterocycles. The van der Waals surface area contributed by atoms with Crippen LogP contribution in [0.15, 0.2) is 24.4 Å². The summed E-state index contributed by atoms with van der Waals surface area (Å²) in [5.41, 5.74) is 1.36. The lowest BCUT2D eigenvalue weighted by Crippen LogP contribution is -2.32. The summed E-state index contributed by atoms with van der Waals surface area (Å²) in [6.07, 6.45) is 4.29. The molecule has 1 aliphatic rings. The summed E-state index contributed by atoms with van der Waals surface area (Å²) in [4.78, 5) is 12.2. The van der Waals surface area contributed by atoms with Gasteiger partial charge in [-0.25, -0.2) is 0 Å². The first-order valence-electron chi connectivity index (χ1n) is 6.64. The van der Waals surface area contributed by atoms with E-state index in [0.717, 1.165) is 30.2 Å². The third kappa shape index (κ3) is 2.33. The average Bonchev–Trinajstić information content (AvgIpc) is 3.04. The lowest BCUT2D eigenvalue weighted by Gasteiger charge is -2.15. The van der Waals surface area contributed by atoms with Crippen LogP contribution in [0.4, 0.5) is 0 Å². The van der Waals surface area contributed by atoms with E-state index in [1.54, 1.807) is 12.3 Å². The van der Waals surface area contributed by atoms with Gasteiger partial charge in [-0.15, -0.1) is 0 Å². The first-order chi connectivity index (χ1) is 9.25. The van der Waals surface area contributed by atoms with Crippen molar-refractivity contribution in [3.05, 3.63) is 30.0 Å². The summed E-state index contributed by atoms with van der Waals surface area (Å²) in [5, 5.41) is 20.4. The normalized spacial score (nSPS) is 22.8. The predicted octanol–water partition coefficient (Wildman–Crippen LogP) is 1.45. The highest BCUT2D eigenvalue weighted by Crippen LogP contribution is 2.24. The molecule has 5 heteroatoms. The van der Waals surface area contributed by atoms with Crippen molar-refractivity contribution in [2.45, 2.75) is 25.4 Å². The fraction of sp³-hybridized carbons (Fsp3) is 0.429. The van der Waals surface area contributed by atoms with E-state index in [1.165, 1.54) is 0 Å². The molecule has 2 aromatic rings. The first-order valence-corrected chi connectivity index (χ1v) is 6.64. The van der Waals surface area contributed by atoms with Crippen molar-refractivity contribution < 1.29 is 9.90 Å². The number of aliphatic hydroxyl groups excluding tert-OH is 1. The van der Waals surface area contributed by atoms with Crippen LogP contribution in [0, 0.1) is 5.92 Å². The fourth-order valence-corrected chi connectivity index (χ4v) is 2.73. The molecule has 1 heterocycles. The van der Waals surface area contributed by atoms with Crippen molar-refractivity contribution in [2.75, 3.05) is 6.54 Å². The second-order valence-electron chi connectivity index (χ2n) is 5.11. The van der Waals surface area contributed by atoms with Gasteiger partial charge >= 0.3 is 0 Å². The molecule has 0 aliphatic heterocycles. The van der Waals surface area contributed by atoms with E-state index in [2.05, 4.69) is 15.5 Å². The van der Waals surface area contributed by atoms with Crippen LogP contribution in [0.2, 0.25) is 0 Å². The molecule has 1 fully saturated rings. The van der Waals surface area contributed by atoms with E-state index >= 15 is 0 Å². The van der Waals surface area contributed by atoms with E-state index in [4.69, 9.17) is 0 Å². The predicted molar refractivity (Wildman–Crippen MR) is 71.8 cm³/mol. The van der Waals surface area contributed by atoms with E-state index in [0.29, 0.717) is 12.1 Å². The van der Waals surface area contributed by atoms with Gasteiger partial charge in [-0.1, -0.05) is 18.6 Å². The van der Waals surface area contributed by atoms with E-state index < -0.39 is 0 Å². The Labute approximate surface area is 111 Å². The van der Waals surface area contributed by atoms with Gasteiger partial charge in [0.05, 0.1) is 23.4 Å². The first kappa shape index (κ1) is 12.2. The third-order valence-corrected chi connectivity index (χ3v) is 3.87. The minimum atomic E-state index is -0.275. The van der Waals surface area contributed by atoms with E-state index in [9.17, 15) is 9.90 Å². The number of rotatable bonds is 3. The maximum absolute atomic E-state index is 12.2. The van der Waals surface area contributed by atoms with Gasteiger partial charge < -0.3 is 10.4 Å². The van der Waals surface area contributed by atoms with Crippen LogP contribution in [0.5, 0.6) is 0 Å². The van der Waals surface area contributed by atoms with Gasteiger partial charge in [0, 0.05) is 17.8 Å². The second kappa shape index (κ2) is 5.01. The minimum Gasteiger partial charge on any atom is -0.393 e. The van der Waals surface area contributed by atoms with Crippen molar-refractivity contribution in [1.82, 2.24) is 15.5 Å². The van der Waals surface area contributed by atoms with Crippen LogP contribution in [0.1, 0.15) is 29.6 Å². The smallest absolute Gasteiger partial charge is 0.253 e. The number of aromatic nitrogens is 2. The van der Waals surface area contributed by atoms with Gasteiger partial charge in [-0.05, 0) is 18.9 Å². The number of aliphatic hydroxyl groups is 1. The molecular weight excluding hydrogens is 242 g/mol. The lowest BCUT2D eigenvalue weighted by molar-refractivity contribution is 0.0918. The van der Waals surface area contributed by atoms with Crippen molar-refractivity contribution >= 4 is 16.8 Å². The molecule has 19 heavy (non-hydrogen) atoms. The summed E-state index contributed by atoms with van der Waals surface area (Å²) in [7, 11) is 0. The number of H-pyrrole nitrogens is 1. The second-order valence-corrected chi connectivity index (χ2v) is 5.11. The van der Waals surface area contributed by atoms with Crippen LogP contribution in [-0.4, -0.2) is 33.9 Å². The van der Waals surface area contributed by atoms with Crippen LogP contribution in [0.3, 0.4) is 0 Å². The number of fused-ring (bicyclic) bond motifs is 1. The van der Waals surface area contributed by atoms with E-state index in [-0.39, 0.29) is 17.9 Å². The summed E-state index contributed by atoms with van der Waals surface area (Å²) >= 11 is 0. The minimum absolute atomic E-state index is 0.117. The number of hydrogen-bond donors (Lipinski definition) is 3. The fourth-order valence-electron chi connectivity index (χ4n) is 2.73. The number of nitrogens with one attached hydrogen (secondary N) is 2. The lowest BCUT2D eigenvalue weighted by atomic mass is 10.1.